The molecule has 0 radical (unpaired) electrons. The van der Waals surface area contributed by atoms with Gasteiger partial charge in [-0.3, -0.25) is 0 Å². The summed E-state index contributed by atoms with van der Waals surface area (Å²) in [5, 5.41) is 2.44. The summed E-state index contributed by atoms with van der Waals surface area (Å²) in [6.45, 7) is 9.49. The fourth-order valence-corrected chi connectivity index (χ4v) is 10.1. The van der Waals surface area contributed by atoms with Crippen LogP contribution >= 0.6 is 0 Å². The van der Waals surface area contributed by atoms with Gasteiger partial charge in [0.2, 0.25) is 0 Å². The van der Waals surface area contributed by atoms with Gasteiger partial charge >= 0.3 is 0 Å². The van der Waals surface area contributed by atoms with E-state index in [-0.39, 0.29) is 10.8 Å². The molecule has 0 unspecified atom stereocenters. The van der Waals surface area contributed by atoms with E-state index in [1.165, 1.54) is 83.5 Å². The van der Waals surface area contributed by atoms with Crippen molar-refractivity contribution in [2.45, 2.75) is 38.5 Å². The van der Waals surface area contributed by atoms with Crippen LogP contribution in [0, 0.1) is 0 Å². The number of para-hydroxylation sites is 3. The van der Waals surface area contributed by atoms with Gasteiger partial charge in [-0.1, -0.05) is 179 Å². The first kappa shape index (κ1) is 36.0. The number of nitrogens with zero attached hydrogens (tertiary/aromatic N) is 2. The largest absolute Gasteiger partial charge is 0.311 e. The zero-order valence-corrected chi connectivity index (χ0v) is 34.5. The van der Waals surface area contributed by atoms with E-state index in [9.17, 15) is 0 Å². The van der Waals surface area contributed by atoms with Crippen molar-refractivity contribution >= 4 is 44.9 Å². The van der Waals surface area contributed by atoms with Crippen molar-refractivity contribution in [1.82, 2.24) is 0 Å². The van der Waals surface area contributed by atoms with E-state index in [1.54, 1.807) is 0 Å². The van der Waals surface area contributed by atoms with Crippen LogP contribution < -0.4 is 9.80 Å². The fourth-order valence-electron chi connectivity index (χ4n) is 10.1. The molecule has 1 aliphatic heterocycles. The van der Waals surface area contributed by atoms with E-state index in [2.05, 4.69) is 244 Å². The van der Waals surface area contributed by atoms with Crippen LogP contribution in [-0.2, 0) is 10.8 Å². The molecule has 2 nitrogen and oxygen atoms in total. The van der Waals surface area contributed by atoms with Crippen LogP contribution in [0.1, 0.15) is 49.9 Å². The van der Waals surface area contributed by atoms with Crippen molar-refractivity contribution in [2.24, 2.45) is 0 Å². The number of fused-ring (bicyclic) bond motifs is 6. The average Bonchev–Trinajstić information content (AvgIpc) is 3.52. The number of benzene rings is 9. The van der Waals surface area contributed by atoms with Gasteiger partial charge in [0.25, 0.3) is 0 Å². The second kappa shape index (κ2) is 13.7. The van der Waals surface area contributed by atoms with Gasteiger partial charge in [-0.2, -0.15) is 0 Å². The van der Waals surface area contributed by atoms with E-state index < -0.39 is 0 Å². The topological polar surface area (TPSA) is 6.48 Å². The van der Waals surface area contributed by atoms with E-state index in [0.29, 0.717) is 0 Å². The molecule has 0 saturated heterocycles. The Hall–Kier alpha value is -7.16. The summed E-state index contributed by atoms with van der Waals surface area (Å²) in [6, 6.07) is 76.1. The lowest BCUT2D eigenvalue weighted by atomic mass is 9.73. The van der Waals surface area contributed by atoms with Crippen molar-refractivity contribution in [3.05, 3.63) is 229 Å². The maximum absolute atomic E-state index is 2.57. The summed E-state index contributed by atoms with van der Waals surface area (Å²) in [7, 11) is 0. The minimum absolute atomic E-state index is 0.0737. The molecule has 0 aromatic heterocycles. The van der Waals surface area contributed by atoms with Crippen molar-refractivity contribution < 1.29 is 0 Å². The maximum Gasteiger partial charge on any atom is 0.0618 e. The van der Waals surface area contributed by atoms with Gasteiger partial charge in [-0.25, -0.2) is 0 Å². The van der Waals surface area contributed by atoms with Gasteiger partial charge in [-0.05, 0) is 110 Å². The molecule has 0 bridgehead atoms. The molecule has 0 N–H and O–H groups in total. The van der Waals surface area contributed by atoms with Crippen molar-refractivity contribution in [1.29, 1.82) is 0 Å². The highest BCUT2D eigenvalue weighted by Crippen LogP contribution is 2.56. The van der Waals surface area contributed by atoms with Crippen LogP contribution in [0.4, 0.5) is 34.1 Å². The average molecular weight is 771 g/mol. The number of hydrogen-bond acceptors (Lipinski definition) is 2. The molecule has 60 heavy (non-hydrogen) atoms. The monoisotopic (exact) mass is 770 g/mol. The summed E-state index contributed by atoms with van der Waals surface area (Å²) >= 11 is 0. The zero-order valence-electron chi connectivity index (χ0n) is 34.5. The van der Waals surface area contributed by atoms with Gasteiger partial charge < -0.3 is 9.80 Å². The van der Waals surface area contributed by atoms with Gasteiger partial charge in [0.15, 0.2) is 0 Å². The molecule has 1 heterocycles. The van der Waals surface area contributed by atoms with Crippen molar-refractivity contribution in [3.63, 3.8) is 0 Å². The molecule has 0 fully saturated rings. The number of anilines is 6. The summed E-state index contributed by atoms with van der Waals surface area (Å²) < 4.78 is 0. The molecule has 2 heteroatoms. The molecule has 0 saturated carbocycles. The first-order valence-electron chi connectivity index (χ1n) is 21.1. The zero-order chi connectivity index (χ0) is 40.6. The molecular formula is C58H46N2. The Bertz CT molecular complexity index is 3050. The third kappa shape index (κ3) is 5.55. The van der Waals surface area contributed by atoms with Crippen LogP contribution in [0.5, 0.6) is 0 Å². The standard InChI is InChI=1S/C58H46N2/c1-57(2)50-24-14-13-23-48(50)49-35-30-41(37-53(49)57)42-31-36-52-55(38-42)60(54-26-16-15-25-51(54)58(52,3)4)56-46-22-12-11-17-39(46)29-34-47(56)40-27-32-45(33-28-40)59(43-18-7-5-8-19-43)44-20-9-6-10-21-44/h5-38H,1-4H3. The Kier molecular flexibility index (Phi) is 8.22. The Morgan fingerprint density at radius 2 is 0.867 bits per heavy atom. The third-order valence-corrected chi connectivity index (χ3v) is 13.2. The number of rotatable bonds is 6. The first-order chi connectivity index (χ1) is 29.3. The molecule has 1 aliphatic carbocycles. The lowest BCUT2D eigenvalue weighted by Gasteiger charge is -2.43. The van der Waals surface area contributed by atoms with Crippen molar-refractivity contribution in [2.75, 3.05) is 9.80 Å². The van der Waals surface area contributed by atoms with E-state index >= 15 is 0 Å². The Morgan fingerprint density at radius 1 is 0.350 bits per heavy atom. The van der Waals surface area contributed by atoms with Crippen LogP contribution in [0.25, 0.3) is 44.2 Å². The fraction of sp³-hybridized carbons (Fsp3) is 0.103. The molecule has 9 aromatic carbocycles. The summed E-state index contributed by atoms with van der Waals surface area (Å²) in [6.07, 6.45) is 0. The lowest BCUT2D eigenvalue weighted by molar-refractivity contribution is 0.632. The van der Waals surface area contributed by atoms with E-state index in [4.69, 9.17) is 0 Å². The predicted octanol–water partition coefficient (Wildman–Crippen LogP) is 16.1. The second-order valence-corrected chi connectivity index (χ2v) is 17.4. The molecule has 0 spiro atoms. The maximum atomic E-state index is 2.57. The Balaban J connectivity index is 1.10. The van der Waals surface area contributed by atoms with Gasteiger partial charge in [0.1, 0.15) is 0 Å². The Morgan fingerprint density at radius 3 is 1.62 bits per heavy atom. The molecular weight excluding hydrogens is 725 g/mol. The lowest BCUT2D eigenvalue weighted by Crippen LogP contribution is -2.31. The molecule has 2 aliphatic rings. The summed E-state index contributed by atoms with van der Waals surface area (Å²) in [5.74, 6) is 0. The minimum Gasteiger partial charge on any atom is -0.311 e. The van der Waals surface area contributed by atoms with Crippen LogP contribution in [0.3, 0.4) is 0 Å². The van der Waals surface area contributed by atoms with Gasteiger partial charge in [-0.15, -0.1) is 0 Å². The number of hydrogen-bond donors (Lipinski definition) is 0. The highest BCUT2D eigenvalue weighted by atomic mass is 15.2. The highest BCUT2D eigenvalue weighted by molar-refractivity contribution is 6.08. The van der Waals surface area contributed by atoms with Crippen LogP contribution in [0.2, 0.25) is 0 Å². The summed E-state index contributed by atoms with van der Waals surface area (Å²) in [5.41, 5.74) is 19.6. The molecule has 0 atom stereocenters. The summed E-state index contributed by atoms with van der Waals surface area (Å²) in [4.78, 5) is 4.89. The molecule has 288 valence electrons. The third-order valence-electron chi connectivity index (χ3n) is 13.2. The predicted molar refractivity (Wildman–Crippen MR) is 254 cm³/mol. The first-order valence-corrected chi connectivity index (χ1v) is 21.1. The molecule has 0 amide bonds. The molecule has 11 rings (SSSR count). The van der Waals surface area contributed by atoms with Crippen molar-refractivity contribution in [3.8, 4) is 33.4 Å². The van der Waals surface area contributed by atoms with E-state index in [1.807, 2.05) is 0 Å². The molecule has 9 aromatic rings. The highest BCUT2D eigenvalue weighted by Gasteiger charge is 2.39. The second-order valence-electron chi connectivity index (χ2n) is 17.4. The van der Waals surface area contributed by atoms with Crippen LogP contribution in [-0.4, -0.2) is 0 Å². The normalized spacial score (nSPS) is 14.2. The Labute approximate surface area is 353 Å². The van der Waals surface area contributed by atoms with E-state index in [0.717, 1.165) is 17.1 Å². The van der Waals surface area contributed by atoms with Gasteiger partial charge in [0, 0.05) is 38.8 Å². The van der Waals surface area contributed by atoms with Crippen LogP contribution in [0.15, 0.2) is 206 Å². The smallest absolute Gasteiger partial charge is 0.0618 e. The van der Waals surface area contributed by atoms with Gasteiger partial charge in [0.05, 0.1) is 17.1 Å². The minimum atomic E-state index is -0.215. The quantitative estimate of drug-likeness (QED) is 0.166. The SMILES string of the molecule is CC1(C)c2ccccc2-c2ccc(-c3ccc4c(c3)N(c3c(-c5ccc(N(c6ccccc6)c6ccccc6)cc5)ccc5ccccc35)c3ccccc3C4(C)C)cc21.